The number of carbonyl (C=O) groups excluding carboxylic acids is 1. The third kappa shape index (κ3) is 1.19. The van der Waals surface area contributed by atoms with E-state index in [2.05, 4.69) is 5.32 Å². The van der Waals surface area contributed by atoms with Crippen molar-refractivity contribution in [3.63, 3.8) is 0 Å². The Bertz CT molecular complexity index is 159. The monoisotopic (exact) mass is 149 g/mol. The van der Waals surface area contributed by atoms with Gasteiger partial charge < -0.3 is 9.87 Å². The quantitative estimate of drug-likeness (QED) is 0.476. The highest BCUT2D eigenvalue weighted by molar-refractivity contribution is 7.77. The molecule has 1 rings (SSSR count). The Labute approximate surface area is 54.4 Å². The lowest BCUT2D eigenvalue weighted by molar-refractivity contribution is 0.235. The molecule has 1 N–H and O–H groups in total. The SMILES string of the molecule is O=C1NCCN1S(=O)[O-]. The lowest BCUT2D eigenvalue weighted by Gasteiger charge is -2.15. The van der Waals surface area contributed by atoms with Crippen LogP contribution in [0.3, 0.4) is 0 Å². The summed E-state index contributed by atoms with van der Waals surface area (Å²) in [7, 11) is 0. The number of hydrogen-bond donors (Lipinski definition) is 1. The topological polar surface area (TPSA) is 72.5 Å². The molecule has 1 aliphatic rings. The molecule has 5 nitrogen and oxygen atoms in total. The summed E-state index contributed by atoms with van der Waals surface area (Å²) in [4.78, 5) is 10.4. The molecule has 0 spiro atoms. The normalized spacial score (nSPS) is 21.9. The lowest BCUT2D eigenvalue weighted by Crippen LogP contribution is -2.29. The van der Waals surface area contributed by atoms with E-state index in [0.29, 0.717) is 6.54 Å². The minimum absolute atomic E-state index is 0.245. The summed E-state index contributed by atoms with van der Waals surface area (Å²) < 4.78 is 20.9. The fourth-order valence-electron chi connectivity index (χ4n) is 0.596. The number of carbonyl (C=O) groups is 1. The zero-order chi connectivity index (χ0) is 6.85. The fourth-order valence-corrected chi connectivity index (χ4v) is 1.04. The van der Waals surface area contributed by atoms with Crippen molar-refractivity contribution in [2.24, 2.45) is 0 Å². The summed E-state index contributed by atoms with van der Waals surface area (Å²) in [5, 5.41) is 2.34. The smallest absolute Gasteiger partial charge is 0.328 e. The molecule has 1 atom stereocenters. The van der Waals surface area contributed by atoms with Gasteiger partial charge in [-0.2, -0.15) is 0 Å². The molecule has 1 heterocycles. The average Bonchev–Trinajstić information content (AvgIpc) is 2.13. The van der Waals surface area contributed by atoms with E-state index in [1.165, 1.54) is 0 Å². The van der Waals surface area contributed by atoms with Crippen molar-refractivity contribution in [3.05, 3.63) is 0 Å². The van der Waals surface area contributed by atoms with Gasteiger partial charge in [0.15, 0.2) is 0 Å². The van der Waals surface area contributed by atoms with Gasteiger partial charge in [-0.05, 0) is 0 Å². The molecule has 6 heteroatoms. The van der Waals surface area contributed by atoms with Gasteiger partial charge in [0.25, 0.3) is 0 Å². The molecule has 2 amide bonds. The second-order valence-electron chi connectivity index (χ2n) is 1.55. The molecule has 0 aromatic rings. The van der Waals surface area contributed by atoms with Crippen LogP contribution in [0.25, 0.3) is 0 Å². The van der Waals surface area contributed by atoms with Crippen molar-refractivity contribution in [1.82, 2.24) is 9.62 Å². The molecule has 9 heavy (non-hydrogen) atoms. The molecule has 0 bridgehead atoms. The zero-order valence-electron chi connectivity index (χ0n) is 4.49. The average molecular weight is 149 g/mol. The zero-order valence-corrected chi connectivity index (χ0v) is 5.31. The molecule has 0 aromatic heterocycles. The highest BCUT2D eigenvalue weighted by Gasteiger charge is 2.19. The number of amides is 2. The lowest BCUT2D eigenvalue weighted by atomic mass is 10.7. The van der Waals surface area contributed by atoms with Crippen LogP contribution < -0.4 is 5.32 Å². The molecule has 1 unspecified atom stereocenters. The largest absolute Gasteiger partial charge is 0.755 e. The van der Waals surface area contributed by atoms with Gasteiger partial charge in [-0.15, -0.1) is 0 Å². The highest BCUT2D eigenvalue weighted by Crippen LogP contribution is 1.97. The third-order valence-electron chi connectivity index (χ3n) is 0.998. The Hall–Kier alpha value is -0.620. The summed E-state index contributed by atoms with van der Waals surface area (Å²) >= 11 is -2.40. The van der Waals surface area contributed by atoms with Gasteiger partial charge in [-0.1, -0.05) is 0 Å². The van der Waals surface area contributed by atoms with Crippen LogP contribution in [0.2, 0.25) is 0 Å². The van der Waals surface area contributed by atoms with Crippen molar-refractivity contribution in [2.45, 2.75) is 0 Å². The maximum absolute atomic E-state index is 10.4. The predicted molar refractivity (Wildman–Crippen MR) is 29.0 cm³/mol. The first-order chi connectivity index (χ1) is 4.22. The maximum Gasteiger partial charge on any atom is 0.328 e. The summed E-state index contributed by atoms with van der Waals surface area (Å²) in [6.45, 7) is 0.655. The van der Waals surface area contributed by atoms with Crippen LogP contribution in [0.1, 0.15) is 0 Å². The van der Waals surface area contributed by atoms with E-state index in [0.717, 1.165) is 4.31 Å². The molecular formula is C3H5N2O3S-. The maximum atomic E-state index is 10.4. The molecular weight excluding hydrogens is 144 g/mol. The Morgan fingerprint density at radius 2 is 2.44 bits per heavy atom. The van der Waals surface area contributed by atoms with Gasteiger partial charge in [0.2, 0.25) is 0 Å². The second kappa shape index (κ2) is 2.32. The molecule has 0 aromatic carbocycles. The van der Waals surface area contributed by atoms with E-state index >= 15 is 0 Å². The van der Waals surface area contributed by atoms with Crippen molar-refractivity contribution in [2.75, 3.05) is 13.1 Å². The summed E-state index contributed by atoms with van der Waals surface area (Å²) in [5.41, 5.74) is 0. The number of rotatable bonds is 1. The van der Waals surface area contributed by atoms with Gasteiger partial charge in [0.05, 0.1) is 17.8 Å². The fraction of sp³-hybridized carbons (Fsp3) is 0.667. The van der Waals surface area contributed by atoms with Gasteiger partial charge in [-0.3, -0.25) is 8.51 Å². The standard InChI is InChI=1S/C3H6N2O3S/c6-3-4-1-2-5(3)9(7)8/h1-2H2,(H,4,6)(H,7,8)/p-1. The van der Waals surface area contributed by atoms with Crippen molar-refractivity contribution >= 4 is 17.3 Å². The molecule has 52 valence electrons. The molecule has 0 saturated carbocycles. The first-order valence-corrected chi connectivity index (χ1v) is 3.40. The third-order valence-corrected chi connectivity index (χ3v) is 1.71. The van der Waals surface area contributed by atoms with Crippen LogP contribution in [0.4, 0.5) is 4.79 Å². The van der Waals surface area contributed by atoms with Crippen LogP contribution in [0.15, 0.2) is 0 Å². The van der Waals surface area contributed by atoms with Gasteiger partial charge >= 0.3 is 6.03 Å². The molecule has 1 saturated heterocycles. The molecule has 1 aliphatic heterocycles. The predicted octanol–water partition coefficient (Wildman–Crippen LogP) is -1.19. The highest BCUT2D eigenvalue weighted by atomic mass is 32.2. The van der Waals surface area contributed by atoms with Crippen molar-refractivity contribution in [1.29, 1.82) is 0 Å². The van der Waals surface area contributed by atoms with E-state index in [4.69, 9.17) is 0 Å². The Morgan fingerprint density at radius 1 is 1.78 bits per heavy atom. The summed E-state index contributed by atoms with van der Waals surface area (Å²) in [6.07, 6.45) is 0. The van der Waals surface area contributed by atoms with Crippen LogP contribution in [0.5, 0.6) is 0 Å². The Balaban J connectivity index is 2.60. The first kappa shape index (κ1) is 6.50. The van der Waals surface area contributed by atoms with E-state index < -0.39 is 17.3 Å². The van der Waals surface area contributed by atoms with Crippen LogP contribution in [-0.4, -0.2) is 32.2 Å². The van der Waals surface area contributed by atoms with Gasteiger partial charge in [-0.25, -0.2) is 4.79 Å². The minimum atomic E-state index is -2.40. The van der Waals surface area contributed by atoms with Crippen molar-refractivity contribution in [3.8, 4) is 0 Å². The Morgan fingerprint density at radius 3 is 2.67 bits per heavy atom. The molecule has 1 fully saturated rings. The number of hydrogen-bond acceptors (Lipinski definition) is 3. The van der Waals surface area contributed by atoms with E-state index in [-0.39, 0.29) is 6.54 Å². The van der Waals surface area contributed by atoms with Crippen LogP contribution >= 0.6 is 0 Å². The molecule has 0 radical (unpaired) electrons. The van der Waals surface area contributed by atoms with E-state index in [9.17, 15) is 13.6 Å². The van der Waals surface area contributed by atoms with E-state index in [1.54, 1.807) is 0 Å². The molecule has 0 aliphatic carbocycles. The number of urea groups is 1. The summed E-state index contributed by atoms with van der Waals surface area (Å²) in [5.74, 6) is 0. The Kier molecular flexibility index (Phi) is 1.68. The summed E-state index contributed by atoms with van der Waals surface area (Å²) in [6, 6.07) is -0.539. The van der Waals surface area contributed by atoms with Gasteiger partial charge in [0, 0.05) is 6.54 Å². The van der Waals surface area contributed by atoms with Crippen LogP contribution in [0, 0.1) is 0 Å². The second-order valence-corrected chi connectivity index (χ2v) is 2.43. The van der Waals surface area contributed by atoms with E-state index in [1.807, 2.05) is 0 Å². The van der Waals surface area contributed by atoms with Crippen LogP contribution in [-0.2, 0) is 11.3 Å². The van der Waals surface area contributed by atoms with Crippen molar-refractivity contribution < 1.29 is 13.6 Å². The number of nitrogens with zero attached hydrogens (tertiary/aromatic N) is 1. The number of nitrogens with one attached hydrogen (secondary N) is 1. The van der Waals surface area contributed by atoms with Gasteiger partial charge in [0.1, 0.15) is 0 Å². The first-order valence-electron chi connectivity index (χ1n) is 2.36. The minimum Gasteiger partial charge on any atom is -0.755 e.